The van der Waals surface area contributed by atoms with E-state index in [0.29, 0.717) is 12.2 Å². The van der Waals surface area contributed by atoms with Crippen LogP contribution in [0.15, 0.2) is 12.3 Å². The van der Waals surface area contributed by atoms with Crippen molar-refractivity contribution in [2.24, 2.45) is 0 Å². The number of fused-ring (bicyclic) bond motifs is 1. The van der Waals surface area contributed by atoms with E-state index in [-0.39, 0.29) is 5.97 Å². The van der Waals surface area contributed by atoms with Gasteiger partial charge in [0.15, 0.2) is 0 Å². The van der Waals surface area contributed by atoms with Gasteiger partial charge in [-0.3, -0.25) is 4.98 Å². The van der Waals surface area contributed by atoms with Crippen LogP contribution in [0.25, 0.3) is 0 Å². The van der Waals surface area contributed by atoms with Gasteiger partial charge >= 0.3 is 5.97 Å². The number of carbonyl (C=O) groups is 1. The molecule has 0 bridgehead atoms. The molecule has 0 aromatic carbocycles. The quantitative estimate of drug-likeness (QED) is 0.518. The molecule has 2 heterocycles. The molecule has 0 N–H and O–H groups in total. The Morgan fingerprint density at radius 1 is 1.64 bits per heavy atom. The summed E-state index contributed by atoms with van der Waals surface area (Å²) in [7, 11) is 0. The highest BCUT2D eigenvalue weighted by Gasteiger charge is 2.22. The summed E-state index contributed by atoms with van der Waals surface area (Å²) >= 11 is 0. The van der Waals surface area contributed by atoms with Crippen LogP contribution in [-0.2, 0) is 11.3 Å². The van der Waals surface area contributed by atoms with Crippen molar-refractivity contribution in [2.45, 2.75) is 13.5 Å². The number of pyridine rings is 1. The van der Waals surface area contributed by atoms with Crippen molar-refractivity contribution < 1.29 is 9.53 Å². The third kappa shape index (κ3) is 0.808. The Morgan fingerprint density at radius 3 is 3.18 bits per heavy atom. The molecule has 56 valence electrons. The Hall–Kier alpha value is -1.38. The summed E-state index contributed by atoms with van der Waals surface area (Å²) in [6.45, 7) is 2.26. The number of ether oxygens (including phenoxy) is 1. The minimum atomic E-state index is -0.231. The largest absolute Gasteiger partial charge is 0.457 e. The monoisotopic (exact) mass is 149 g/mol. The summed E-state index contributed by atoms with van der Waals surface area (Å²) < 4.78 is 4.83. The molecule has 0 fully saturated rings. The predicted molar refractivity (Wildman–Crippen MR) is 38.1 cm³/mol. The van der Waals surface area contributed by atoms with E-state index >= 15 is 0 Å². The van der Waals surface area contributed by atoms with Crippen molar-refractivity contribution >= 4 is 5.97 Å². The Labute approximate surface area is 64.0 Å². The molecule has 1 aromatic heterocycles. The number of esters is 1. The zero-order valence-corrected chi connectivity index (χ0v) is 6.13. The Balaban J connectivity index is 2.66. The molecule has 0 unspecified atom stereocenters. The Morgan fingerprint density at radius 2 is 2.45 bits per heavy atom. The Kier molecular flexibility index (Phi) is 1.18. The van der Waals surface area contributed by atoms with Crippen molar-refractivity contribution in [3.05, 3.63) is 29.1 Å². The molecule has 0 radical (unpaired) electrons. The van der Waals surface area contributed by atoms with E-state index in [4.69, 9.17) is 4.74 Å². The molecular weight excluding hydrogens is 142 g/mol. The topological polar surface area (TPSA) is 39.2 Å². The molecule has 1 aromatic rings. The molecule has 2 rings (SSSR count). The first-order valence-electron chi connectivity index (χ1n) is 3.40. The van der Waals surface area contributed by atoms with E-state index in [2.05, 4.69) is 4.98 Å². The molecule has 0 saturated heterocycles. The van der Waals surface area contributed by atoms with Crippen LogP contribution in [0, 0.1) is 6.92 Å². The van der Waals surface area contributed by atoms with Gasteiger partial charge in [-0.05, 0) is 13.0 Å². The van der Waals surface area contributed by atoms with Gasteiger partial charge in [0.2, 0.25) is 0 Å². The first-order chi connectivity index (χ1) is 5.29. The molecule has 0 saturated carbocycles. The normalized spacial score (nSPS) is 14.5. The maximum absolute atomic E-state index is 11.0. The molecule has 0 atom stereocenters. The second-order valence-electron chi connectivity index (χ2n) is 2.50. The van der Waals surface area contributed by atoms with Crippen LogP contribution in [0.3, 0.4) is 0 Å². The van der Waals surface area contributed by atoms with Gasteiger partial charge < -0.3 is 4.74 Å². The number of aryl methyl sites for hydroxylation is 1. The van der Waals surface area contributed by atoms with Crippen LogP contribution in [0.2, 0.25) is 0 Å². The van der Waals surface area contributed by atoms with Crippen LogP contribution < -0.4 is 0 Å². The average molecular weight is 149 g/mol. The number of carbonyl (C=O) groups excluding carboxylic acids is 1. The number of nitrogens with zero attached hydrogens (tertiary/aromatic N) is 1. The van der Waals surface area contributed by atoms with E-state index in [1.54, 1.807) is 12.3 Å². The highest BCUT2D eigenvalue weighted by Crippen LogP contribution is 2.20. The van der Waals surface area contributed by atoms with Gasteiger partial charge in [0.1, 0.15) is 6.61 Å². The summed E-state index contributed by atoms with van der Waals surface area (Å²) in [5.41, 5.74) is 2.48. The zero-order valence-electron chi connectivity index (χ0n) is 6.13. The lowest BCUT2D eigenvalue weighted by Crippen LogP contribution is -1.94. The fourth-order valence-corrected chi connectivity index (χ4v) is 1.19. The SMILES string of the molecule is Cc1nccc2c1COC2=O. The lowest BCUT2D eigenvalue weighted by atomic mass is 10.1. The molecule has 3 heteroatoms. The molecular formula is C8H7NO2. The van der Waals surface area contributed by atoms with Crippen molar-refractivity contribution in [1.29, 1.82) is 0 Å². The summed E-state index contributed by atoms with van der Waals surface area (Å²) in [6, 6.07) is 1.69. The highest BCUT2D eigenvalue weighted by molar-refractivity contribution is 5.93. The van der Waals surface area contributed by atoms with Crippen molar-refractivity contribution in [3.63, 3.8) is 0 Å². The van der Waals surface area contributed by atoms with Crippen molar-refractivity contribution in [2.75, 3.05) is 0 Å². The second kappa shape index (κ2) is 2.05. The van der Waals surface area contributed by atoms with Gasteiger partial charge in [-0.25, -0.2) is 4.79 Å². The summed E-state index contributed by atoms with van der Waals surface area (Å²) in [6.07, 6.45) is 1.63. The number of aromatic nitrogens is 1. The third-order valence-corrected chi connectivity index (χ3v) is 1.84. The van der Waals surface area contributed by atoms with Crippen LogP contribution in [0.1, 0.15) is 21.6 Å². The van der Waals surface area contributed by atoms with Crippen molar-refractivity contribution in [3.8, 4) is 0 Å². The summed E-state index contributed by atoms with van der Waals surface area (Å²) in [5, 5.41) is 0. The highest BCUT2D eigenvalue weighted by atomic mass is 16.5. The van der Waals surface area contributed by atoms with Crippen LogP contribution in [0.5, 0.6) is 0 Å². The lowest BCUT2D eigenvalue weighted by Gasteiger charge is -1.95. The minimum absolute atomic E-state index is 0.231. The molecule has 1 aliphatic heterocycles. The molecule has 0 spiro atoms. The summed E-state index contributed by atoms with van der Waals surface area (Å²) in [4.78, 5) is 15.0. The zero-order chi connectivity index (χ0) is 7.84. The van der Waals surface area contributed by atoms with Gasteiger partial charge in [0.05, 0.1) is 5.56 Å². The van der Waals surface area contributed by atoms with Gasteiger partial charge in [0.25, 0.3) is 0 Å². The van der Waals surface area contributed by atoms with Gasteiger partial charge in [-0.2, -0.15) is 0 Å². The van der Waals surface area contributed by atoms with Crippen molar-refractivity contribution in [1.82, 2.24) is 4.98 Å². The van der Waals surface area contributed by atoms with E-state index in [1.165, 1.54) is 0 Å². The number of hydrogen-bond donors (Lipinski definition) is 0. The van der Waals surface area contributed by atoms with Gasteiger partial charge in [0, 0.05) is 17.5 Å². The predicted octanol–water partition coefficient (Wildman–Crippen LogP) is 1.06. The maximum Gasteiger partial charge on any atom is 0.338 e. The fraction of sp³-hybridized carbons (Fsp3) is 0.250. The number of cyclic esters (lactones) is 1. The smallest absolute Gasteiger partial charge is 0.338 e. The van der Waals surface area contributed by atoms with Gasteiger partial charge in [-0.1, -0.05) is 0 Å². The average Bonchev–Trinajstić information content (AvgIpc) is 2.35. The summed E-state index contributed by atoms with van der Waals surface area (Å²) in [5.74, 6) is -0.231. The minimum Gasteiger partial charge on any atom is -0.457 e. The molecule has 1 aliphatic rings. The fourth-order valence-electron chi connectivity index (χ4n) is 1.19. The maximum atomic E-state index is 11.0. The first-order valence-corrected chi connectivity index (χ1v) is 3.40. The van der Waals surface area contributed by atoms with E-state index in [0.717, 1.165) is 11.3 Å². The lowest BCUT2D eigenvalue weighted by molar-refractivity contribution is 0.0535. The molecule has 0 aliphatic carbocycles. The van der Waals surface area contributed by atoms with Crippen LogP contribution >= 0.6 is 0 Å². The first kappa shape index (κ1) is 6.34. The van der Waals surface area contributed by atoms with Crippen LogP contribution in [0.4, 0.5) is 0 Å². The molecule has 3 nitrogen and oxygen atoms in total. The van der Waals surface area contributed by atoms with E-state index in [9.17, 15) is 4.79 Å². The molecule has 0 amide bonds. The van der Waals surface area contributed by atoms with E-state index < -0.39 is 0 Å². The number of hydrogen-bond acceptors (Lipinski definition) is 3. The van der Waals surface area contributed by atoms with Gasteiger partial charge in [-0.15, -0.1) is 0 Å². The van der Waals surface area contributed by atoms with Crippen LogP contribution in [-0.4, -0.2) is 11.0 Å². The van der Waals surface area contributed by atoms with E-state index in [1.807, 2.05) is 6.92 Å². The standard InChI is InChI=1S/C8H7NO2/c1-5-7-4-11-8(10)6(7)2-3-9-5/h2-3H,4H2,1H3. The number of rotatable bonds is 0. The molecule has 11 heavy (non-hydrogen) atoms. The Bertz CT molecular complexity index is 320. The second-order valence-corrected chi connectivity index (χ2v) is 2.50. The third-order valence-electron chi connectivity index (χ3n) is 1.84.